The second-order valence-corrected chi connectivity index (χ2v) is 6.49. The maximum absolute atomic E-state index is 13.2. The van der Waals surface area contributed by atoms with E-state index in [9.17, 15) is 14.0 Å². The number of ketones is 1. The number of ether oxygens (including phenoxy) is 1. The zero-order chi connectivity index (χ0) is 18.8. The Morgan fingerprint density at radius 2 is 1.85 bits per heavy atom. The highest BCUT2D eigenvalue weighted by atomic mass is 19.1. The molecule has 4 rings (SSSR count). The van der Waals surface area contributed by atoms with E-state index in [2.05, 4.69) is 5.10 Å². The summed E-state index contributed by atoms with van der Waals surface area (Å²) in [6.45, 7) is -0.457. The number of benzene rings is 2. The first-order valence-electron chi connectivity index (χ1n) is 8.73. The number of rotatable bonds is 6. The fraction of sp³-hybridized carbons (Fsp3) is 0.190. The average Bonchev–Trinajstić information content (AvgIpc) is 3.45. The summed E-state index contributed by atoms with van der Waals surface area (Å²) < 4.78 is 20.0. The first-order chi connectivity index (χ1) is 13.1. The molecule has 0 radical (unpaired) electrons. The van der Waals surface area contributed by atoms with Gasteiger partial charge in [0.25, 0.3) is 0 Å². The van der Waals surface area contributed by atoms with Crippen LogP contribution in [0.5, 0.6) is 0 Å². The summed E-state index contributed by atoms with van der Waals surface area (Å²) in [5.74, 6) is -1.24. The molecule has 6 heteroatoms. The molecule has 5 nitrogen and oxygen atoms in total. The van der Waals surface area contributed by atoms with Crippen molar-refractivity contribution in [2.45, 2.75) is 18.8 Å². The first kappa shape index (κ1) is 17.1. The molecule has 1 aliphatic rings. The van der Waals surface area contributed by atoms with E-state index in [4.69, 9.17) is 4.74 Å². The highest BCUT2D eigenvalue weighted by Crippen LogP contribution is 2.39. The van der Waals surface area contributed by atoms with Crippen LogP contribution < -0.4 is 0 Å². The molecular weight excluding hydrogens is 347 g/mol. The summed E-state index contributed by atoms with van der Waals surface area (Å²) >= 11 is 0. The Hall–Kier alpha value is -3.28. The van der Waals surface area contributed by atoms with Crippen LogP contribution in [0.25, 0.3) is 5.69 Å². The van der Waals surface area contributed by atoms with Crippen molar-refractivity contribution in [2.24, 2.45) is 0 Å². The van der Waals surface area contributed by atoms with Crippen molar-refractivity contribution >= 4 is 11.8 Å². The lowest BCUT2D eigenvalue weighted by Crippen LogP contribution is -2.17. The predicted molar refractivity (Wildman–Crippen MR) is 96.6 cm³/mol. The Morgan fingerprint density at radius 1 is 1.07 bits per heavy atom. The summed E-state index contributed by atoms with van der Waals surface area (Å²) in [7, 11) is 0. The zero-order valence-corrected chi connectivity index (χ0v) is 14.5. The maximum atomic E-state index is 13.2. The standard InChI is InChI=1S/C21H17FN2O3/c22-16-6-4-5-15(11-16)20(25)13-27-21(26)19-12-18(14-9-10-14)23-24(19)17-7-2-1-3-8-17/h1-8,11-12,14H,9-10,13H2. The van der Waals surface area contributed by atoms with Crippen LogP contribution in [0.4, 0.5) is 4.39 Å². The molecule has 0 atom stereocenters. The van der Waals surface area contributed by atoms with Gasteiger partial charge in [-0.15, -0.1) is 0 Å². The molecule has 1 aromatic heterocycles. The van der Waals surface area contributed by atoms with Crippen LogP contribution in [0.2, 0.25) is 0 Å². The lowest BCUT2D eigenvalue weighted by molar-refractivity contribution is 0.0465. The Labute approximate surface area is 155 Å². The molecule has 136 valence electrons. The highest BCUT2D eigenvalue weighted by molar-refractivity contribution is 5.99. The van der Waals surface area contributed by atoms with Crippen LogP contribution in [-0.2, 0) is 4.74 Å². The number of nitrogens with zero attached hydrogens (tertiary/aromatic N) is 2. The van der Waals surface area contributed by atoms with Gasteiger partial charge in [-0.2, -0.15) is 5.10 Å². The normalized spacial score (nSPS) is 13.4. The van der Waals surface area contributed by atoms with Gasteiger partial charge in [0.05, 0.1) is 11.4 Å². The smallest absolute Gasteiger partial charge is 0.357 e. The monoisotopic (exact) mass is 364 g/mol. The Kier molecular flexibility index (Phi) is 4.54. The minimum atomic E-state index is -0.636. The third-order valence-electron chi connectivity index (χ3n) is 4.41. The minimum Gasteiger partial charge on any atom is -0.453 e. The van der Waals surface area contributed by atoms with Gasteiger partial charge in [0.15, 0.2) is 18.1 Å². The van der Waals surface area contributed by atoms with Crippen molar-refractivity contribution in [1.29, 1.82) is 0 Å². The molecule has 2 aromatic carbocycles. The van der Waals surface area contributed by atoms with Gasteiger partial charge in [0.2, 0.25) is 0 Å². The molecule has 1 aliphatic carbocycles. The molecule has 0 aliphatic heterocycles. The van der Waals surface area contributed by atoms with E-state index in [0.717, 1.165) is 30.3 Å². The molecule has 0 bridgehead atoms. The van der Waals surface area contributed by atoms with E-state index < -0.39 is 24.2 Å². The topological polar surface area (TPSA) is 61.2 Å². The van der Waals surface area contributed by atoms with Crippen LogP contribution >= 0.6 is 0 Å². The molecule has 0 N–H and O–H groups in total. The van der Waals surface area contributed by atoms with Gasteiger partial charge in [-0.3, -0.25) is 4.79 Å². The van der Waals surface area contributed by atoms with E-state index >= 15 is 0 Å². The molecule has 0 unspecified atom stereocenters. The SMILES string of the molecule is O=C(COC(=O)c1cc(C2CC2)nn1-c1ccccc1)c1cccc(F)c1. The Morgan fingerprint density at radius 3 is 2.56 bits per heavy atom. The maximum Gasteiger partial charge on any atom is 0.357 e. The van der Waals surface area contributed by atoms with E-state index in [1.54, 1.807) is 10.7 Å². The molecule has 1 heterocycles. The molecule has 0 amide bonds. The minimum absolute atomic E-state index is 0.165. The van der Waals surface area contributed by atoms with Crippen LogP contribution in [0, 0.1) is 5.82 Å². The molecular formula is C21H17FN2O3. The fourth-order valence-electron chi connectivity index (χ4n) is 2.84. The Balaban J connectivity index is 1.54. The number of aromatic nitrogens is 2. The van der Waals surface area contributed by atoms with Crippen molar-refractivity contribution in [3.05, 3.63) is 83.4 Å². The molecule has 1 saturated carbocycles. The van der Waals surface area contributed by atoms with Gasteiger partial charge in [0, 0.05) is 11.5 Å². The summed E-state index contributed by atoms with van der Waals surface area (Å²) in [5.41, 5.74) is 2.03. The largest absolute Gasteiger partial charge is 0.453 e. The summed E-state index contributed by atoms with van der Waals surface area (Å²) in [6, 6.07) is 16.3. The number of carbonyl (C=O) groups is 2. The van der Waals surface area contributed by atoms with Gasteiger partial charge < -0.3 is 4.74 Å². The van der Waals surface area contributed by atoms with Gasteiger partial charge in [-0.25, -0.2) is 13.9 Å². The van der Waals surface area contributed by atoms with Crippen molar-refractivity contribution in [3.63, 3.8) is 0 Å². The number of para-hydroxylation sites is 1. The predicted octanol–water partition coefficient (Wildman–Crippen LogP) is 3.93. The second kappa shape index (κ2) is 7.15. The number of esters is 1. The molecule has 1 fully saturated rings. The highest BCUT2D eigenvalue weighted by Gasteiger charge is 2.29. The third kappa shape index (κ3) is 3.79. The van der Waals surface area contributed by atoms with Crippen LogP contribution in [0.15, 0.2) is 60.7 Å². The first-order valence-corrected chi connectivity index (χ1v) is 8.73. The van der Waals surface area contributed by atoms with Crippen LogP contribution in [-0.4, -0.2) is 28.1 Å². The lowest BCUT2D eigenvalue weighted by atomic mass is 10.1. The van der Waals surface area contributed by atoms with Gasteiger partial charge in [-0.05, 0) is 43.2 Å². The number of carbonyl (C=O) groups excluding carboxylic acids is 2. The number of hydrogen-bond acceptors (Lipinski definition) is 4. The fourth-order valence-corrected chi connectivity index (χ4v) is 2.84. The van der Waals surface area contributed by atoms with Crippen molar-refractivity contribution in [1.82, 2.24) is 9.78 Å². The van der Waals surface area contributed by atoms with Gasteiger partial charge in [0.1, 0.15) is 5.82 Å². The van der Waals surface area contributed by atoms with E-state index in [-0.39, 0.29) is 11.3 Å². The van der Waals surface area contributed by atoms with E-state index in [0.29, 0.717) is 5.92 Å². The third-order valence-corrected chi connectivity index (χ3v) is 4.41. The average molecular weight is 364 g/mol. The summed E-state index contributed by atoms with van der Waals surface area (Å²) in [4.78, 5) is 24.7. The number of halogens is 1. The van der Waals surface area contributed by atoms with Crippen LogP contribution in [0.1, 0.15) is 45.3 Å². The van der Waals surface area contributed by atoms with Gasteiger partial charge in [-0.1, -0.05) is 30.3 Å². The molecule has 3 aromatic rings. The quantitative estimate of drug-likeness (QED) is 0.491. The van der Waals surface area contributed by atoms with Crippen molar-refractivity contribution in [3.8, 4) is 5.69 Å². The molecule has 27 heavy (non-hydrogen) atoms. The van der Waals surface area contributed by atoms with Crippen molar-refractivity contribution < 1.29 is 18.7 Å². The van der Waals surface area contributed by atoms with Crippen molar-refractivity contribution in [2.75, 3.05) is 6.61 Å². The van der Waals surface area contributed by atoms with E-state index in [1.807, 2.05) is 30.3 Å². The lowest BCUT2D eigenvalue weighted by Gasteiger charge is -2.07. The summed E-state index contributed by atoms with van der Waals surface area (Å²) in [5, 5.41) is 4.54. The molecule has 0 spiro atoms. The molecule has 0 saturated heterocycles. The van der Waals surface area contributed by atoms with Gasteiger partial charge >= 0.3 is 5.97 Å². The summed E-state index contributed by atoms with van der Waals surface area (Å²) in [6.07, 6.45) is 2.11. The second-order valence-electron chi connectivity index (χ2n) is 6.49. The number of hydrogen-bond donors (Lipinski definition) is 0. The zero-order valence-electron chi connectivity index (χ0n) is 14.5. The Bertz CT molecular complexity index is 994. The van der Waals surface area contributed by atoms with Crippen LogP contribution in [0.3, 0.4) is 0 Å². The number of Topliss-reactive ketones (excluding diaryl/α,β-unsaturated/α-hetero) is 1. The van der Waals surface area contributed by atoms with E-state index in [1.165, 1.54) is 18.2 Å².